The third-order valence-corrected chi connectivity index (χ3v) is 3.89. The second-order valence-electron chi connectivity index (χ2n) is 6.22. The molecule has 2 aromatic carbocycles. The van der Waals surface area contributed by atoms with Crippen LogP contribution in [0.5, 0.6) is 0 Å². The number of nitrogens with zero attached hydrogens (tertiary/aromatic N) is 4. The molecule has 7 heteroatoms. The number of hydrogen-bond donors (Lipinski definition) is 0. The molecule has 0 bridgehead atoms. The summed E-state index contributed by atoms with van der Waals surface area (Å²) in [4.78, 5) is 17.0. The van der Waals surface area contributed by atoms with E-state index in [0.29, 0.717) is 13.1 Å². The van der Waals surface area contributed by atoms with Crippen LogP contribution in [0.4, 0.5) is 0 Å². The molecule has 0 aliphatic rings. The minimum atomic E-state index is 0. The zero-order valence-electron chi connectivity index (χ0n) is 17.9. The maximum absolute atomic E-state index is 4.29. The van der Waals surface area contributed by atoms with E-state index in [4.69, 9.17) is 0 Å². The van der Waals surface area contributed by atoms with E-state index in [0.717, 1.165) is 22.5 Å². The monoisotopic (exact) mass is 580 g/mol. The van der Waals surface area contributed by atoms with Gasteiger partial charge in [-0.05, 0) is 24.3 Å². The van der Waals surface area contributed by atoms with Crippen molar-refractivity contribution < 1.29 is 24.8 Å². The van der Waals surface area contributed by atoms with Crippen LogP contribution in [-0.4, -0.2) is 46.3 Å². The second-order valence-corrected chi connectivity index (χ2v) is 6.22. The first-order valence-corrected chi connectivity index (χ1v) is 9.63. The van der Waals surface area contributed by atoms with E-state index in [2.05, 4.69) is 32.1 Å². The Morgan fingerprint density at radius 2 is 1.03 bits per heavy atom. The van der Waals surface area contributed by atoms with Crippen LogP contribution in [0, 0.1) is 12.1 Å². The fraction of sp³-hybridized carbons (Fsp3) is 0.0769. The smallest absolute Gasteiger partial charge is 1.00 e. The van der Waals surface area contributed by atoms with Crippen molar-refractivity contribution in [2.45, 2.75) is 13.1 Å². The van der Waals surface area contributed by atoms with Crippen LogP contribution in [0.15, 0.2) is 107 Å². The summed E-state index contributed by atoms with van der Waals surface area (Å²) in [6.45, 7) is 1.23. The Hall–Kier alpha value is -2.54. The van der Waals surface area contributed by atoms with Crippen molar-refractivity contribution in [1.82, 2.24) is 9.97 Å². The van der Waals surface area contributed by atoms with E-state index in [1.165, 1.54) is 0 Å². The van der Waals surface area contributed by atoms with E-state index >= 15 is 0 Å². The van der Waals surface area contributed by atoms with Gasteiger partial charge in [0.2, 0.25) is 0 Å². The molecule has 164 valence electrons. The molecule has 0 spiro atoms. The molecule has 0 N–H and O–H groups in total. The van der Waals surface area contributed by atoms with Gasteiger partial charge in [0.1, 0.15) is 0 Å². The normalized spacial score (nSPS) is 9.70. The quantitative estimate of drug-likeness (QED) is 0.161. The van der Waals surface area contributed by atoms with Gasteiger partial charge in [0.15, 0.2) is 0 Å². The molecule has 4 aromatic rings. The summed E-state index contributed by atoms with van der Waals surface area (Å²) < 4.78 is 0. The Morgan fingerprint density at radius 3 is 1.36 bits per heavy atom. The van der Waals surface area contributed by atoms with E-state index in [1.54, 1.807) is 12.4 Å². The average molecular weight is 580 g/mol. The molecule has 0 atom stereocenters. The summed E-state index contributed by atoms with van der Waals surface area (Å²) >= 11 is 0. The van der Waals surface area contributed by atoms with Crippen molar-refractivity contribution in [1.29, 1.82) is 0 Å². The number of benzene rings is 2. The molecule has 4 rings (SSSR count). The third kappa shape index (κ3) is 12.9. The Kier molecular flexibility index (Phi) is 17.5. The molecule has 0 unspecified atom stereocenters. The molecule has 2 heterocycles. The number of aliphatic imine (C=N–C) groups is 2. The Bertz CT molecular complexity index is 946. The van der Waals surface area contributed by atoms with Crippen LogP contribution < -0.4 is 24.8 Å². The molecule has 0 aliphatic carbocycles. The predicted octanol–water partition coefficient (Wildman–Crippen LogP) is -1.37. The fourth-order valence-electron chi connectivity index (χ4n) is 2.43. The summed E-state index contributed by atoms with van der Waals surface area (Å²) in [6, 6.07) is 33.4. The molecule has 0 amide bonds. The van der Waals surface area contributed by atoms with Crippen molar-refractivity contribution in [2.75, 3.05) is 0 Å². The van der Waals surface area contributed by atoms with Gasteiger partial charge in [-0.2, -0.15) is 0 Å². The molecular weight excluding hydrogens is 558 g/mol. The molecule has 4 nitrogen and oxygen atoms in total. The summed E-state index contributed by atoms with van der Waals surface area (Å²) in [7, 11) is 0. The van der Waals surface area contributed by atoms with Crippen LogP contribution in [-0.2, 0) is 13.1 Å². The Morgan fingerprint density at radius 1 is 0.606 bits per heavy atom. The summed E-state index contributed by atoms with van der Waals surface area (Å²) in [5.41, 5.74) is 3.94. The fourth-order valence-corrected chi connectivity index (χ4v) is 2.43. The minimum Gasteiger partial charge on any atom is -1.00 e. The van der Waals surface area contributed by atoms with E-state index in [1.807, 2.05) is 97.4 Å². The summed E-state index contributed by atoms with van der Waals surface area (Å²) in [5.74, 6) is 0. The van der Waals surface area contributed by atoms with Crippen molar-refractivity contribution in [2.24, 2.45) is 9.98 Å². The van der Waals surface area contributed by atoms with Gasteiger partial charge < -0.3 is 34.8 Å². The summed E-state index contributed by atoms with van der Waals surface area (Å²) in [5, 5.41) is 0. The van der Waals surface area contributed by atoms with Gasteiger partial charge in [0, 0.05) is 12.4 Å². The van der Waals surface area contributed by atoms with Crippen LogP contribution >= 0.6 is 0 Å². The minimum absolute atomic E-state index is 0. The molecule has 0 radical (unpaired) electrons. The molecule has 33 heavy (non-hydrogen) atoms. The number of pyridine rings is 2. The zero-order chi connectivity index (χ0) is 20.7. The number of hydrogen-bond acceptors (Lipinski definition) is 4. The molecule has 0 saturated heterocycles. The first-order chi connectivity index (χ1) is 14.9. The van der Waals surface area contributed by atoms with Crippen molar-refractivity contribution >= 4 is 36.3 Å². The molecule has 0 saturated carbocycles. The standard InChI is InChI=1S/2C13H11N2.2ClH.Sn/c2*1-2-6-12(7-3-1)10-14-11-13-8-4-5-9-15-13;;;/h2*1-6,8-10H,11H2;2*1H;/q2*-1;;;+4/p-2. The molecule has 0 fully saturated rings. The van der Waals surface area contributed by atoms with E-state index in [9.17, 15) is 0 Å². The maximum atomic E-state index is 4.29. The number of halogens is 2. The van der Waals surface area contributed by atoms with Crippen LogP contribution in [0.25, 0.3) is 0 Å². The zero-order valence-corrected chi connectivity index (χ0v) is 22.2. The van der Waals surface area contributed by atoms with Gasteiger partial charge in [0.05, 0.1) is 24.5 Å². The molecule has 2 aromatic heterocycles. The first kappa shape index (κ1) is 30.5. The average Bonchev–Trinajstić information content (AvgIpc) is 2.82. The Labute approximate surface area is 225 Å². The van der Waals surface area contributed by atoms with Gasteiger partial charge in [-0.15, -0.1) is 71.8 Å². The van der Waals surface area contributed by atoms with Gasteiger partial charge in [-0.25, -0.2) is 0 Å². The second kappa shape index (κ2) is 19.0. The van der Waals surface area contributed by atoms with Crippen molar-refractivity contribution in [3.63, 3.8) is 0 Å². The van der Waals surface area contributed by atoms with Gasteiger partial charge >= 0.3 is 23.9 Å². The number of rotatable bonds is 6. The van der Waals surface area contributed by atoms with Gasteiger partial charge in [0.25, 0.3) is 0 Å². The molecule has 0 aliphatic heterocycles. The van der Waals surface area contributed by atoms with Gasteiger partial charge in [-0.1, -0.05) is 24.6 Å². The Balaban J connectivity index is 0.000000569. The van der Waals surface area contributed by atoms with E-state index < -0.39 is 0 Å². The molecular formula is C26H22Cl2N4Sn. The van der Waals surface area contributed by atoms with Crippen molar-refractivity contribution in [3.05, 3.63) is 132 Å². The van der Waals surface area contributed by atoms with Crippen LogP contribution in [0.3, 0.4) is 0 Å². The topological polar surface area (TPSA) is 50.5 Å². The van der Waals surface area contributed by atoms with Crippen molar-refractivity contribution in [3.8, 4) is 0 Å². The third-order valence-electron chi connectivity index (χ3n) is 3.89. The number of aromatic nitrogens is 2. The SMILES string of the molecule is [Cl-].[Cl-].[Sn+4].[c-]1ccccc1C=NCc1ccccn1.[c-]1ccccc1C=NCc1ccccn1. The van der Waals surface area contributed by atoms with Gasteiger partial charge in [-0.3, -0.25) is 9.97 Å². The van der Waals surface area contributed by atoms with Crippen LogP contribution in [0.2, 0.25) is 0 Å². The summed E-state index contributed by atoms with van der Waals surface area (Å²) in [6.07, 6.45) is 7.18. The van der Waals surface area contributed by atoms with E-state index in [-0.39, 0.29) is 48.7 Å². The van der Waals surface area contributed by atoms with Crippen LogP contribution in [0.1, 0.15) is 22.5 Å². The maximum Gasteiger partial charge on any atom is 4.00 e. The largest absolute Gasteiger partial charge is 4.00 e. The first-order valence-electron chi connectivity index (χ1n) is 9.63. The predicted molar refractivity (Wildman–Crippen MR) is 127 cm³/mol.